The van der Waals surface area contributed by atoms with Crippen LogP contribution in [0.2, 0.25) is 0 Å². The van der Waals surface area contributed by atoms with E-state index in [-0.39, 0.29) is 30.2 Å². The number of nitriles is 1. The SMILES string of the molecule is Cl.N#CC1CN[C@H](C(=O)c2ccccc2CN)C1. The van der Waals surface area contributed by atoms with Gasteiger partial charge in [0.2, 0.25) is 0 Å². The molecule has 1 saturated heterocycles. The van der Waals surface area contributed by atoms with Gasteiger partial charge < -0.3 is 11.1 Å². The molecule has 0 spiro atoms. The quantitative estimate of drug-likeness (QED) is 0.807. The Morgan fingerprint density at radius 3 is 2.83 bits per heavy atom. The molecule has 0 radical (unpaired) electrons. The van der Waals surface area contributed by atoms with Crippen molar-refractivity contribution in [1.82, 2.24) is 5.32 Å². The normalized spacial score (nSPS) is 22.0. The maximum absolute atomic E-state index is 12.3. The molecule has 1 unspecified atom stereocenters. The van der Waals surface area contributed by atoms with Crippen molar-refractivity contribution in [3.05, 3.63) is 35.4 Å². The molecule has 3 N–H and O–H groups in total. The highest BCUT2D eigenvalue weighted by Gasteiger charge is 2.30. The third-order valence-electron chi connectivity index (χ3n) is 3.13. The summed E-state index contributed by atoms with van der Waals surface area (Å²) in [4.78, 5) is 12.3. The zero-order valence-electron chi connectivity index (χ0n) is 9.93. The predicted molar refractivity (Wildman–Crippen MR) is 71.4 cm³/mol. The maximum atomic E-state index is 12.3. The van der Waals surface area contributed by atoms with Gasteiger partial charge in [-0.1, -0.05) is 24.3 Å². The minimum atomic E-state index is -0.243. The first-order valence-corrected chi connectivity index (χ1v) is 5.71. The fraction of sp³-hybridized carbons (Fsp3) is 0.385. The molecule has 1 heterocycles. The number of carbonyl (C=O) groups excluding carboxylic acids is 1. The van der Waals surface area contributed by atoms with E-state index in [1.807, 2.05) is 18.2 Å². The van der Waals surface area contributed by atoms with Crippen LogP contribution in [0.3, 0.4) is 0 Å². The molecule has 0 saturated carbocycles. The van der Waals surface area contributed by atoms with Crippen LogP contribution in [0.1, 0.15) is 22.3 Å². The second kappa shape index (κ2) is 6.50. The van der Waals surface area contributed by atoms with E-state index in [1.54, 1.807) is 6.07 Å². The van der Waals surface area contributed by atoms with Crippen molar-refractivity contribution in [3.63, 3.8) is 0 Å². The van der Waals surface area contributed by atoms with Gasteiger partial charge >= 0.3 is 0 Å². The summed E-state index contributed by atoms with van der Waals surface area (Å²) in [5.41, 5.74) is 7.15. The number of halogens is 1. The molecule has 18 heavy (non-hydrogen) atoms. The molecular weight excluding hydrogens is 250 g/mol. The second-order valence-electron chi connectivity index (χ2n) is 4.25. The lowest BCUT2D eigenvalue weighted by Gasteiger charge is -2.11. The molecule has 0 bridgehead atoms. The van der Waals surface area contributed by atoms with Crippen LogP contribution in [0.25, 0.3) is 0 Å². The molecular formula is C13H16ClN3O. The molecule has 1 aromatic carbocycles. The fourth-order valence-electron chi connectivity index (χ4n) is 2.16. The number of nitrogens with one attached hydrogen (secondary N) is 1. The minimum absolute atomic E-state index is 0. The van der Waals surface area contributed by atoms with Crippen LogP contribution in [0.5, 0.6) is 0 Å². The van der Waals surface area contributed by atoms with Crippen molar-refractivity contribution in [2.75, 3.05) is 6.54 Å². The van der Waals surface area contributed by atoms with Crippen LogP contribution in [0, 0.1) is 17.2 Å². The van der Waals surface area contributed by atoms with E-state index >= 15 is 0 Å². The van der Waals surface area contributed by atoms with Gasteiger partial charge in [-0.05, 0) is 12.0 Å². The summed E-state index contributed by atoms with van der Waals surface area (Å²) in [7, 11) is 0. The van der Waals surface area contributed by atoms with E-state index in [0.717, 1.165) is 5.56 Å². The van der Waals surface area contributed by atoms with E-state index in [0.29, 0.717) is 25.1 Å². The first kappa shape index (κ1) is 14.7. The Balaban J connectivity index is 0.00000162. The summed E-state index contributed by atoms with van der Waals surface area (Å²) >= 11 is 0. The molecule has 4 nitrogen and oxygen atoms in total. The largest absolute Gasteiger partial charge is 0.326 e. The molecule has 5 heteroatoms. The van der Waals surface area contributed by atoms with Crippen molar-refractivity contribution in [2.45, 2.75) is 19.0 Å². The first-order valence-electron chi connectivity index (χ1n) is 5.71. The van der Waals surface area contributed by atoms with E-state index in [4.69, 9.17) is 11.0 Å². The van der Waals surface area contributed by atoms with Crippen LogP contribution in [-0.2, 0) is 6.54 Å². The highest BCUT2D eigenvalue weighted by molar-refractivity contribution is 6.01. The number of ketones is 1. The topological polar surface area (TPSA) is 78.9 Å². The van der Waals surface area contributed by atoms with Crippen LogP contribution in [0.4, 0.5) is 0 Å². The molecule has 1 aliphatic rings. The van der Waals surface area contributed by atoms with Crippen LogP contribution >= 0.6 is 12.4 Å². The van der Waals surface area contributed by atoms with E-state index in [9.17, 15) is 4.79 Å². The van der Waals surface area contributed by atoms with E-state index in [1.165, 1.54) is 0 Å². The van der Waals surface area contributed by atoms with Gasteiger partial charge in [0.15, 0.2) is 5.78 Å². The third kappa shape index (κ3) is 2.88. The average molecular weight is 266 g/mol. The lowest BCUT2D eigenvalue weighted by atomic mass is 9.96. The van der Waals surface area contributed by atoms with E-state index in [2.05, 4.69) is 11.4 Å². The van der Waals surface area contributed by atoms with Gasteiger partial charge in [-0.2, -0.15) is 5.26 Å². The fourth-order valence-corrected chi connectivity index (χ4v) is 2.16. The van der Waals surface area contributed by atoms with Crippen molar-refractivity contribution >= 4 is 18.2 Å². The maximum Gasteiger partial charge on any atom is 0.180 e. The zero-order valence-corrected chi connectivity index (χ0v) is 10.7. The van der Waals surface area contributed by atoms with Gasteiger partial charge in [-0.3, -0.25) is 4.79 Å². The smallest absolute Gasteiger partial charge is 0.180 e. The molecule has 0 amide bonds. The lowest BCUT2D eigenvalue weighted by molar-refractivity contribution is 0.0950. The molecule has 2 rings (SSSR count). The minimum Gasteiger partial charge on any atom is -0.326 e. The standard InChI is InChI=1S/C13H15N3O.ClH/c14-6-9-5-12(16-8-9)13(17)11-4-2-1-3-10(11)7-15;/h1-4,9,12,16H,5,7-8,15H2;1H/t9?,12-;/m0./s1. The molecule has 96 valence electrons. The molecule has 0 aromatic heterocycles. The highest BCUT2D eigenvalue weighted by atomic mass is 35.5. The Bertz CT molecular complexity index is 470. The van der Waals surface area contributed by atoms with Gasteiger partial charge in [0, 0.05) is 18.7 Å². The summed E-state index contributed by atoms with van der Waals surface area (Å²) in [5.74, 6) is -0.0159. The van der Waals surface area contributed by atoms with Crippen molar-refractivity contribution in [3.8, 4) is 6.07 Å². The van der Waals surface area contributed by atoms with Gasteiger partial charge in [-0.25, -0.2) is 0 Å². The van der Waals surface area contributed by atoms with Gasteiger partial charge in [0.25, 0.3) is 0 Å². The summed E-state index contributed by atoms with van der Waals surface area (Å²) in [6.07, 6.45) is 0.592. The van der Waals surface area contributed by atoms with Crippen molar-refractivity contribution < 1.29 is 4.79 Å². The number of nitrogens with zero attached hydrogens (tertiary/aromatic N) is 1. The Hall–Kier alpha value is -1.41. The van der Waals surface area contributed by atoms with E-state index < -0.39 is 0 Å². The number of rotatable bonds is 3. The molecule has 1 aliphatic heterocycles. The molecule has 0 aliphatic carbocycles. The molecule has 1 aromatic rings. The van der Waals surface area contributed by atoms with Crippen LogP contribution < -0.4 is 11.1 Å². The Morgan fingerprint density at radius 2 is 2.22 bits per heavy atom. The van der Waals surface area contributed by atoms with Crippen molar-refractivity contribution in [2.24, 2.45) is 11.7 Å². The predicted octanol–water partition coefficient (Wildman–Crippen LogP) is 1.25. The molecule has 1 fully saturated rings. The number of benzene rings is 1. The van der Waals surface area contributed by atoms with Crippen molar-refractivity contribution in [1.29, 1.82) is 5.26 Å². The monoisotopic (exact) mass is 265 g/mol. The first-order chi connectivity index (χ1) is 8.26. The lowest BCUT2D eigenvalue weighted by Crippen LogP contribution is -2.31. The van der Waals surface area contributed by atoms with Crippen LogP contribution in [0.15, 0.2) is 24.3 Å². The Kier molecular flexibility index (Phi) is 5.29. The Morgan fingerprint density at radius 1 is 1.50 bits per heavy atom. The molecule has 2 atom stereocenters. The second-order valence-corrected chi connectivity index (χ2v) is 4.25. The van der Waals surface area contributed by atoms with Crippen LogP contribution in [-0.4, -0.2) is 18.4 Å². The summed E-state index contributed by atoms with van der Waals surface area (Å²) in [6, 6.07) is 9.32. The third-order valence-corrected chi connectivity index (χ3v) is 3.13. The number of hydrogen-bond donors (Lipinski definition) is 2. The zero-order chi connectivity index (χ0) is 12.3. The van der Waals surface area contributed by atoms with Gasteiger partial charge in [0.05, 0.1) is 18.0 Å². The highest BCUT2D eigenvalue weighted by Crippen LogP contribution is 2.19. The summed E-state index contributed by atoms with van der Waals surface area (Å²) < 4.78 is 0. The van der Waals surface area contributed by atoms with Gasteiger partial charge in [0.1, 0.15) is 0 Å². The number of hydrogen-bond acceptors (Lipinski definition) is 4. The Labute approximate surface area is 113 Å². The van der Waals surface area contributed by atoms with Gasteiger partial charge in [-0.15, -0.1) is 12.4 Å². The number of Topliss-reactive ketones (excluding diaryl/α,β-unsaturated/α-hetero) is 1. The average Bonchev–Trinajstić information content (AvgIpc) is 2.86. The number of nitrogens with two attached hydrogens (primary N) is 1. The summed E-state index contributed by atoms with van der Waals surface area (Å²) in [6.45, 7) is 0.952. The summed E-state index contributed by atoms with van der Waals surface area (Å²) in [5, 5.41) is 11.9. The number of carbonyl (C=O) groups is 1.